The molecule has 0 aromatic carbocycles. The summed E-state index contributed by atoms with van der Waals surface area (Å²) < 4.78 is 24.3. The van der Waals surface area contributed by atoms with Gasteiger partial charge in [-0.25, -0.2) is 13.2 Å². The normalized spacial score (nSPS) is 23.2. The van der Waals surface area contributed by atoms with Gasteiger partial charge in [0, 0.05) is 39.3 Å². The molecule has 0 saturated carbocycles. The Morgan fingerprint density at radius 3 is 1.74 bits per heavy atom. The summed E-state index contributed by atoms with van der Waals surface area (Å²) in [6, 6.07) is 0.0788. The highest BCUT2D eigenvalue weighted by molar-refractivity contribution is 7.88. The standard InChI is InChI=1S/C12H23N3O3S/c1-19(17,18)15-10-8-14(9-11-15)12(16)13-6-4-2-3-5-7-13/h2-11H2,1H3. The molecule has 2 rings (SSSR count). The van der Waals surface area contributed by atoms with Gasteiger partial charge in [0.1, 0.15) is 0 Å². The number of piperazine rings is 1. The lowest BCUT2D eigenvalue weighted by Crippen LogP contribution is -2.53. The summed E-state index contributed by atoms with van der Waals surface area (Å²) in [6.07, 6.45) is 5.78. The molecule has 0 N–H and O–H groups in total. The van der Waals surface area contributed by atoms with Crippen molar-refractivity contribution in [3.8, 4) is 0 Å². The van der Waals surface area contributed by atoms with Crippen molar-refractivity contribution >= 4 is 16.1 Å². The van der Waals surface area contributed by atoms with Crippen LogP contribution in [-0.2, 0) is 10.0 Å². The Morgan fingerprint density at radius 1 is 0.789 bits per heavy atom. The molecule has 0 aromatic heterocycles. The molecule has 0 aromatic rings. The lowest BCUT2D eigenvalue weighted by molar-refractivity contribution is 0.135. The fourth-order valence-electron chi connectivity index (χ4n) is 2.67. The molecule has 0 aliphatic carbocycles. The summed E-state index contributed by atoms with van der Waals surface area (Å²) in [5.74, 6) is 0. The Balaban J connectivity index is 1.88. The molecule has 0 bridgehead atoms. The highest BCUT2D eigenvalue weighted by Crippen LogP contribution is 2.14. The van der Waals surface area contributed by atoms with Crippen LogP contribution in [0.15, 0.2) is 0 Å². The largest absolute Gasteiger partial charge is 0.325 e. The molecule has 2 aliphatic heterocycles. The zero-order valence-corrected chi connectivity index (χ0v) is 12.4. The van der Waals surface area contributed by atoms with E-state index in [0.717, 1.165) is 25.9 Å². The Morgan fingerprint density at radius 2 is 1.26 bits per heavy atom. The van der Waals surface area contributed by atoms with Crippen LogP contribution in [0.2, 0.25) is 0 Å². The fourth-order valence-corrected chi connectivity index (χ4v) is 3.50. The Kier molecular flexibility index (Phi) is 4.67. The van der Waals surface area contributed by atoms with E-state index in [1.807, 2.05) is 4.90 Å². The maximum absolute atomic E-state index is 12.3. The van der Waals surface area contributed by atoms with Gasteiger partial charge in [0.15, 0.2) is 0 Å². The number of hydrogen-bond acceptors (Lipinski definition) is 3. The van der Waals surface area contributed by atoms with Gasteiger partial charge in [0.05, 0.1) is 6.26 Å². The molecule has 2 fully saturated rings. The van der Waals surface area contributed by atoms with Crippen LogP contribution in [0, 0.1) is 0 Å². The molecule has 0 atom stereocenters. The maximum atomic E-state index is 12.3. The van der Waals surface area contributed by atoms with Gasteiger partial charge in [-0.2, -0.15) is 4.31 Å². The summed E-state index contributed by atoms with van der Waals surface area (Å²) >= 11 is 0. The van der Waals surface area contributed by atoms with Crippen molar-refractivity contribution in [2.24, 2.45) is 0 Å². The number of nitrogens with zero attached hydrogens (tertiary/aromatic N) is 3. The molecule has 0 spiro atoms. The molecular formula is C12H23N3O3S. The average Bonchev–Trinajstić information content (AvgIpc) is 2.66. The Bertz CT molecular complexity index is 408. The Hall–Kier alpha value is -0.820. The molecule has 0 radical (unpaired) electrons. The number of urea groups is 1. The van der Waals surface area contributed by atoms with Crippen LogP contribution < -0.4 is 0 Å². The van der Waals surface area contributed by atoms with E-state index in [0.29, 0.717) is 26.2 Å². The van der Waals surface area contributed by atoms with Crippen LogP contribution in [-0.4, -0.2) is 74.1 Å². The zero-order chi connectivity index (χ0) is 13.9. The van der Waals surface area contributed by atoms with Crippen molar-refractivity contribution in [1.29, 1.82) is 0 Å². The van der Waals surface area contributed by atoms with Gasteiger partial charge in [-0.3, -0.25) is 0 Å². The molecule has 6 nitrogen and oxygen atoms in total. The van der Waals surface area contributed by atoms with Crippen molar-refractivity contribution in [2.45, 2.75) is 25.7 Å². The summed E-state index contributed by atoms with van der Waals surface area (Å²) in [5, 5.41) is 0. The number of sulfonamides is 1. The SMILES string of the molecule is CS(=O)(=O)N1CCN(C(=O)N2CCCCCC2)CC1. The minimum absolute atomic E-state index is 0.0788. The van der Waals surface area contributed by atoms with Gasteiger partial charge in [-0.05, 0) is 12.8 Å². The van der Waals surface area contributed by atoms with Gasteiger partial charge < -0.3 is 9.80 Å². The van der Waals surface area contributed by atoms with E-state index < -0.39 is 10.0 Å². The van der Waals surface area contributed by atoms with Gasteiger partial charge in [-0.15, -0.1) is 0 Å². The molecule has 0 unspecified atom stereocenters. The third-order valence-corrected chi connectivity index (χ3v) is 5.16. The van der Waals surface area contributed by atoms with Gasteiger partial charge in [0.2, 0.25) is 10.0 Å². The van der Waals surface area contributed by atoms with Crippen molar-refractivity contribution in [3.05, 3.63) is 0 Å². The molecule has 7 heteroatoms. The molecule has 2 saturated heterocycles. The smallest absolute Gasteiger partial charge is 0.320 e. The molecule has 2 aliphatic rings. The Labute approximate surface area is 115 Å². The van der Waals surface area contributed by atoms with E-state index in [1.165, 1.54) is 23.4 Å². The number of rotatable bonds is 1. The van der Waals surface area contributed by atoms with E-state index in [1.54, 1.807) is 4.90 Å². The van der Waals surface area contributed by atoms with Crippen molar-refractivity contribution < 1.29 is 13.2 Å². The third kappa shape index (κ3) is 3.82. The average molecular weight is 289 g/mol. The topological polar surface area (TPSA) is 60.9 Å². The minimum Gasteiger partial charge on any atom is -0.325 e. The lowest BCUT2D eigenvalue weighted by atomic mass is 10.2. The summed E-state index contributed by atoms with van der Waals surface area (Å²) in [7, 11) is -3.12. The number of amides is 2. The summed E-state index contributed by atoms with van der Waals surface area (Å²) in [5.41, 5.74) is 0. The summed E-state index contributed by atoms with van der Waals surface area (Å²) in [6.45, 7) is 3.51. The van der Waals surface area contributed by atoms with E-state index in [2.05, 4.69) is 0 Å². The number of likely N-dealkylation sites (tertiary alicyclic amines) is 1. The minimum atomic E-state index is -3.12. The second-order valence-corrected chi connectivity index (χ2v) is 7.32. The van der Waals surface area contributed by atoms with Crippen LogP contribution in [0.1, 0.15) is 25.7 Å². The quantitative estimate of drug-likeness (QED) is 0.708. The van der Waals surface area contributed by atoms with Crippen molar-refractivity contribution in [2.75, 3.05) is 45.5 Å². The van der Waals surface area contributed by atoms with Gasteiger partial charge >= 0.3 is 6.03 Å². The van der Waals surface area contributed by atoms with Crippen LogP contribution >= 0.6 is 0 Å². The molecule has 110 valence electrons. The molecule has 2 amide bonds. The molecular weight excluding hydrogens is 266 g/mol. The molecule has 19 heavy (non-hydrogen) atoms. The van der Waals surface area contributed by atoms with E-state index in [-0.39, 0.29) is 6.03 Å². The monoisotopic (exact) mass is 289 g/mol. The first-order valence-electron chi connectivity index (χ1n) is 6.97. The van der Waals surface area contributed by atoms with Crippen LogP contribution in [0.25, 0.3) is 0 Å². The first kappa shape index (κ1) is 14.6. The van der Waals surface area contributed by atoms with Crippen LogP contribution in [0.5, 0.6) is 0 Å². The van der Waals surface area contributed by atoms with Crippen molar-refractivity contribution in [1.82, 2.24) is 14.1 Å². The predicted octanol–water partition coefficient (Wildman–Crippen LogP) is 0.560. The zero-order valence-electron chi connectivity index (χ0n) is 11.5. The number of carbonyl (C=O) groups excluding carboxylic acids is 1. The maximum Gasteiger partial charge on any atom is 0.320 e. The lowest BCUT2D eigenvalue weighted by Gasteiger charge is -2.36. The first-order valence-corrected chi connectivity index (χ1v) is 8.82. The highest BCUT2D eigenvalue weighted by Gasteiger charge is 2.28. The second kappa shape index (κ2) is 6.09. The fraction of sp³-hybridized carbons (Fsp3) is 0.917. The number of carbonyl (C=O) groups is 1. The van der Waals surface area contributed by atoms with E-state index in [9.17, 15) is 13.2 Å². The van der Waals surface area contributed by atoms with Crippen LogP contribution in [0.4, 0.5) is 4.79 Å². The second-order valence-electron chi connectivity index (χ2n) is 5.33. The van der Waals surface area contributed by atoms with Gasteiger partial charge in [0.25, 0.3) is 0 Å². The predicted molar refractivity (Wildman–Crippen MR) is 73.4 cm³/mol. The van der Waals surface area contributed by atoms with Crippen LogP contribution in [0.3, 0.4) is 0 Å². The van der Waals surface area contributed by atoms with Gasteiger partial charge in [-0.1, -0.05) is 12.8 Å². The summed E-state index contributed by atoms with van der Waals surface area (Å²) in [4.78, 5) is 16.1. The number of hydrogen-bond donors (Lipinski definition) is 0. The van der Waals surface area contributed by atoms with E-state index >= 15 is 0 Å². The first-order chi connectivity index (χ1) is 8.98. The third-order valence-electron chi connectivity index (χ3n) is 3.85. The van der Waals surface area contributed by atoms with E-state index in [4.69, 9.17) is 0 Å². The highest BCUT2D eigenvalue weighted by atomic mass is 32.2. The molecule has 2 heterocycles. The van der Waals surface area contributed by atoms with Crippen molar-refractivity contribution in [3.63, 3.8) is 0 Å².